The number of thiazole rings is 1. The van der Waals surface area contributed by atoms with Gasteiger partial charge in [0.05, 0.1) is 9.72 Å². The minimum absolute atomic E-state index is 0.371. The molecule has 4 nitrogen and oxygen atoms in total. The number of nitrogens with zero attached hydrogens (tertiary/aromatic N) is 3. The van der Waals surface area contributed by atoms with Crippen LogP contribution >= 0.6 is 22.9 Å². The number of para-hydroxylation sites is 1. The topological polar surface area (TPSA) is 36.4 Å². The third-order valence-electron chi connectivity index (χ3n) is 4.37. The molecule has 134 valence electrons. The van der Waals surface area contributed by atoms with Crippen LogP contribution in [0.3, 0.4) is 0 Å². The maximum Gasteiger partial charge on any atom is 0.259 e. The highest BCUT2D eigenvalue weighted by Crippen LogP contribution is 2.33. The first-order chi connectivity index (χ1) is 12.5. The molecule has 1 aromatic heterocycles. The summed E-state index contributed by atoms with van der Waals surface area (Å²) >= 11 is 7.71. The fourth-order valence-corrected chi connectivity index (χ4v) is 4.32. The second-order valence-corrected chi connectivity index (χ2v) is 7.38. The Bertz CT molecular complexity index is 965. The molecular weight excluding hydrogens is 380 g/mol. The van der Waals surface area contributed by atoms with Crippen molar-refractivity contribution in [2.24, 2.45) is 0 Å². The van der Waals surface area contributed by atoms with Gasteiger partial charge in [-0.15, -0.1) is 0 Å². The van der Waals surface area contributed by atoms with E-state index in [4.69, 9.17) is 11.6 Å². The fourth-order valence-electron chi connectivity index (χ4n) is 3.00. The van der Waals surface area contributed by atoms with Gasteiger partial charge in [-0.05, 0) is 24.3 Å². The average molecular weight is 394 g/mol. The van der Waals surface area contributed by atoms with Gasteiger partial charge < -0.3 is 9.80 Å². The third kappa shape index (κ3) is 3.01. The first-order valence-corrected chi connectivity index (χ1v) is 9.27. The molecule has 8 heteroatoms. The van der Waals surface area contributed by atoms with E-state index in [9.17, 15) is 13.6 Å². The van der Waals surface area contributed by atoms with Gasteiger partial charge in [0.25, 0.3) is 5.91 Å². The largest absolute Gasteiger partial charge is 0.345 e. The van der Waals surface area contributed by atoms with Gasteiger partial charge >= 0.3 is 0 Å². The summed E-state index contributed by atoms with van der Waals surface area (Å²) in [5.74, 6) is -2.29. The molecule has 2 aromatic carbocycles. The van der Waals surface area contributed by atoms with Gasteiger partial charge in [0.15, 0.2) is 5.13 Å². The summed E-state index contributed by atoms with van der Waals surface area (Å²) in [5.41, 5.74) is 0.272. The quantitative estimate of drug-likeness (QED) is 0.655. The Labute approximate surface area is 157 Å². The molecule has 1 aliphatic rings. The van der Waals surface area contributed by atoms with E-state index in [1.165, 1.54) is 22.3 Å². The number of rotatable bonds is 2. The average Bonchev–Trinajstić information content (AvgIpc) is 3.07. The van der Waals surface area contributed by atoms with Crippen LogP contribution in [-0.4, -0.2) is 42.0 Å². The van der Waals surface area contributed by atoms with Crippen LogP contribution in [0.4, 0.5) is 13.9 Å². The highest BCUT2D eigenvalue weighted by molar-refractivity contribution is 7.22. The van der Waals surface area contributed by atoms with Crippen molar-refractivity contribution in [2.75, 3.05) is 31.1 Å². The normalized spacial score (nSPS) is 14.9. The van der Waals surface area contributed by atoms with Crippen LogP contribution in [-0.2, 0) is 0 Å². The number of anilines is 1. The molecular formula is C18H14ClF2N3OS. The summed E-state index contributed by atoms with van der Waals surface area (Å²) in [4.78, 5) is 20.6. The number of carbonyl (C=O) groups excluding carboxylic acids is 1. The third-order valence-corrected chi connectivity index (χ3v) is 5.76. The molecule has 0 N–H and O–H groups in total. The number of aromatic nitrogens is 1. The summed E-state index contributed by atoms with van der Waals surface area (Å²) in [6, 6.07) is 9.08. The number of halogens is 3. The Morgan fingerprint density at radius 1 is 1.04 bits per heavy atom. The van der Waals surface area contributed by atoms with Gasteiger partial charge in [0.2, 0.25) is 0 Å². The molecule has 0 aliphatic carbocycles. The zero-order chi connectivity index (χ0) is 18.3. The number of amides is 1. The van der Waals surface area contributed by atoms with Crippen LogP contribution in [0.15, 0.2) is 36.4 Å². The lowest BCUT2D eigenvalue weighted by Crippen LogP contribution is -2.49. The molecule has 3 aromatic rings. The van der Waals surface area contributed by atoms with Gasteiger partial charge in [0, 0.05) is 26.2 Å². The number of piperazine rings is 1. The zero-order valence-electron chi connectivity index (χ0n) is 13.6. The van der Waals surface area contributed by atoms with Crippen LogP contribution in [0, 0.1) is 11.6 Å². The van der Waals surface area contributed by atoms with E-state index < -0.39 is 23.1 Å². The van der Waals surface area contributed by atoms with E-state index in [1.54, 1.807) is 6.07 Å². The molecule has 2 heterocycles. The van der Waals surface area contributed by atoms with Crippen molar-refractivity contribution in [3.05, 3.63) is 58.6 Å². The molecule has 1 aliphatic heterocycles. The second kappa shape index (κ2) is 6.81. The Balaban J connectivity index is 1.50. The summed E-state index contributed by atoms with van der Waals surface area (Å²) in [6.07, 6.45) is 0. The fraction of sp³-hybridized carbons (Fsp3) is 0.222. The highest BCUT2D eigenvalue weighted by Gasteiger charge is 2.27. The lowest BCUT2D eigenvalue weighted by Gasteiger charge is -2.34. The monoisotopic (exact) mass is 393 g/mol. The van der Waals surface area contributed by atoms with Crippen LogP contribution in [0.1, 0.15) is 10.4 Å². The van der Waals surface area contributed by atoms with E-state index in [0.29, 0.717) is 31.2 Å². The highest BCUT2D eigenvalue weighted by atomic mass is 35.5. The minimum Gasteiger partial charge on any atom is -0.345 e. The molecule has 1 amide bonds. The molecule has 0 atom stereocenters. The van der Waals surface area contributed by atoms with Crippen LogP contribution in [0.5, 0.6) is 0 Å². The molecule has 0 bridgehead atoms. The summed E-state index contributed by atoms with van der Waals surface area (Å²) in [6.45, 7) is 1.82. The number of benzene rings is 2. The first kappa shape index (κ1) is 17.2. The second-order valence-electron chi connectivity index (χ2n) is 5.96. The standard InChI is InChI=1S/C18H14ClF2N3OS/c19-11-3-1-6-14-16(11)22-18(26-14)24-9-7-23(8-10-24)17(25)15-12(20)4-2-5-13(15)21/h1-6H,7-10H2. The van der Waals surface area contributed by atoms with Gasteiger partial charge in [-0.1, -0.05) is 35.1 Å². The van der Waals surface area contributed by atoms with Crippen molar-refractivity contribution in [1.82, 2.24) is 9.88 Å². The number of carbonyl (C=O) groups is 1. The van der Waals surface area contributed by atoms with E-state index in [2.05, 4.69) is 9.88 Å². The molecule has 0 unspecified atom stereocenters. The van der Waals surface area contributed by atoms with Crippen molar-refractivity contribution in [3.63, 3.8) is 0 Å². The molecule has 0 spiro atoms. The van der Waals surface area contributed by atoms with Crippen molar-refractivity contribution in [1.29, 1.82) is 0 Å². The Morgan fingerprint density at radius 2 is 1.69 bits per heavy atom. The Kier molecular flexibility index (Phi) is 4.50. The number of fused-ring (bicyclic) bond motifs is 1. The molecule has 1 fully saturated rings. The summed E-state index contributed by atoms with van der Waals surface area (Å²) in [7, 11) is 0. The predicted molar refractivity (Wildman–Crippen MR) is 99.1 cm³/mol. The van der Waals surface area contributed by atoms with E-state index in [-0.39, 0.29) is 0 Å². The Morgan fingerprint density at radius 3 is 2.35 bits per heavy atom. The molecule has 4 rings (SSSR count). The van der Waals surface area contributed by atoms with Crippen molar-refractivity contribution in [2.45, 2.75) is 0 Å². The summed E-state index contributed by atoms with van der Waals surface area (Å²) in [5, 5.41) is 1.44. The number of hydrogen-bond acceptors (Lipinski definition) is 4. The maximum absolute atomic E-state index is 13.8. The van der Waals surface area contributed by atoms with E-state index >= 15 is 0 Å². The van der Waals surface area contributed by atoms with Gasteiger partial charge in [-0.2, -0.15) is 0 Å². The zero-order valence-corrected chi connectivity index (χ0v) is 15.2. The lowest BCUT2D eigenvalue weighted by molar-refractivity contribution is 0.0737. The van der Waals surface area contributed by atoms with E-state index in [0.717, 1.165) is 27.5 Å². The molecule has 0 saturated carbocycles. The summed E-state index contributed by atoms with van der Waals surface area (Å²) < 4.78 is 28.7. The minimum atomic E-state index is -0.835. The Hall–Kier alpha value is -2.25. The van der Waals surface area contributed by atoms with Gasteiger partial charge in [-0.25, -0.2) is 13.8 Å². The smallest absolute Gasteiger partial charge is 0.259 e. The SMILES string of the molecule is O=C(c1c(F)cccc1F)N1CCN(c2nc3c(Cl)cccc3s2)CC1. The van der Waals surface area contributed by atoms with Gasteiger partial charge in [0.1, 0.15) is 22.7 Å². The number of hydrogen-bond donors (Lipinski definition) is 0. The first-order valence-electron chi connectivity index (χ1n) is 8.08. The molecule has 1 saturated heterocycles. The van der Waals surface area contributed by atoms with Crippen molar-refractivity contribution in [3.8, 4) is 0 Å². The van der Waals surface area contributed by atoms with Crippen LogP contribution in [0.2, 0.25) is 5.02 Å². The van der Waals surface area contributed by atoms with Gasteiger partial charge in [-0.3, -0.25) is 4.79 Å². The van der Waals surface area contributed by atoms with E-state index in [1.807, 2.05) is 12.1 Å². The van der Waals surface area contributed by atoms with Crippen LogP contribution in [0.25, 0.3) is 10.2 Å². The maximum atomic E-state index is 13.8. The van der Waals surface area contributed by atoms with Crippen LogP contribution < -0.4 is 4.90 Å². The molecule has 0 radical (unpaired) electrons. The molecule has 26 heavy (non-hydrogen) atoms. The predicted octanol–water partition coefficient (Wildman–Crippen LogP) is 4.19. The lowest BCUT2D eigenvalue weighted by atomic mass is 10.1. The van der Waals surface area contributed by atoms with Crippen molar-refractivity contribution < 1.29 is 13.6 Å². The van der Waals surface area contributed by atoms with Crippen molar-refractivity contribution >= 4 is 44.2 Å².